The Balaban J connectivity index is 2.38. The SMILES string of the molecule is C#CCCCNC(=O)N[C@@H](CCc1ccccc1)C(=O)O. The molecule has 5 heteroatoms. The number of nitrogens with one attached hydrogen (secondary N) is 2. The minimum atomic E-state index is -1.04. The molecule has 1 atom stereocenters. The molecular weight excluding hydrogens is 268 g/mol. The van der Waals surface area contributed by atoms with Gasteiger partial charge in [0.25, 0.3) is 0 Å². The number of aliphatic carboxylic acids is 1. The Bertz CT molecular complexity index is 494. The summed E-state index contributed by atoms with van der Waals surface area (Å²) in [5.74, 6) is 1.44. The third-order valence-electron chi connectivity index (χ3n) is 2.95. The van der Waals surface area contributed by atoms with Gasteiger partial charge in [0.2, 0.25) is 0 Å². The van der Waals surface area contributed by atoms with E-state index in [0.29, 0.717) is 32.2 Å². The highest BCUT2D eigenvalue weighted by atomic mass is 16.4. The van der Waals surface area contributed by atoms with Gasteiger partial charge in [-0.2, -0.15) is 0 Å². The maximum Gasteiger partial charge on any atom is 0.326 e. The molecule has 0 aliphatic rings. The van der Waals surface area contributed by atoms with Gasteiger partial charge >= 0.3 is 12.0 Å². The van der Waals surface area contributed by atoms with Crippen molar-refractivity contribution in [3.8, 4) is 12.3 Å². The van der Waals surface area contributed by atoms with Gasteiger partial charge in [0.15, 0.2) is 0 Å². The van der Waals surface area contributed by atoms with Crippen LogP contribution < -0.4 is 10.6 Å². The molecule has 0 heterocycles. The molecule has 0 unspecified atom stereocenters. The molecule has 5 nitrogen and oxygen atoms in total. The first-order valence-electron chi connectivity index (χ1n) is 6.88. The molecule has 0 aliphatic carbocycles. The molecule has 0 saturated heterocycles. The summed E-state index contributed by atoms with van der Waals surface area (Å²) in [6.45, 7) is 0.432. The van der Waals surface area contributed by atoms with Crippen LogP contribution in [0.5, 0.6) is 0 Å². The minimum Gasteiger partial charge on any atom is -0.480 e. The zero-order valence-corrected chi connectivity index (χ0v) is 11.8. The fourth-order valence-electron chi connectivity index (χ4n) is 1.81. The lowest BCUT2D eigenvalue weighted by atomic mass is 10.1. The van der Waals surface area contributed by atoms with Gasteiger partial charge in [0.1, 0.15) is 6.04 Å². The highest BCUT2D eigenvalue weighted by molar-refractivity contribution is 5.82. The van der Waals surface area contributed by atoms with Crippen molar-refractivity contribution < 1.29 is 14.7 Å². The molecule has 1 aromatic rings. The van der Waals surface area contributed by atoms with Gasteiger partial charge < -0.3 is 15.7 Å². The molecule has 3 N–H and O–H groups in total. The van der Waals surface area contributed by atoms with Crippen LogP contribution in [0.2, 0.25) is 0 Å². The van der Waals surface area contributed by atoms with Crippen molar-refractivity contribution in [1.82, 2.24) is 10.6 Å². The number of carboxylic acid groups (broad SMARTS) is 1. The van der Waals surface area contributed by atoms with Crippen molar-refractivity contribution in [3.63, 3.8) is 0 Å². The summed E-state index contributed by atoms with van der Waals surface area (Å²) in [5, 5.41) is 14.2. The molecule has 112 valence electrons. The first-order valence-corrected chi connectivity index (χ1v) is 6.88. The van der Waals surface area contributed by atoms with Gasteiger partial charge in [-0.3, -0.25) is 0 Å². The lowest BCUT2D eigenvalue weighted by Crippen LogP contribution is -2.46. The Morgan fingerprint density at radius 3 is 2.62 bits per heavy atom. The summed E-state index contributed by atoms with van der Waals surface area (Å²) in [7, 11) is 0. The molecule has 0 fully saturated rings. The second-order valence-electron chi connectivity index (χ2n) is 4.62. The van der Waals surface area contributed by atoms with E-state index in [9.17, 15) is 9.59 Å². The van der Waals surface area contributed by atoms with Crippen molar-refractivity contribution in [2.24, 2.45) is 0 Å². The number of hydrogen-bond donors (Lipinski definition) is 3. The topological polar surface area (TPSA) is 78.4 Å². The van der Waals surface area contributed by atoms with Crippen LogP contribution in [0.15, 0.2) is 30.3 Å². The molecule has 0 spiro atoms. The monoisotopic (exact) mass is 288 g/mol. The van der Waals surface area contributed by atoms with E-state index in [2.05, 4.69) is 16.6 Å². The number of unbranched alkanes of at least 4 members (excludes halogenated alkanes) is 1. The number of benzene rings is 1. The second-order valence-corrected chi connectivity index (χ2v) is 4.62. The van der Waals surface area contributed by atoms with E-state index < -0.39 is 18.0 Å². The van der Waals surface area contributed by atoms with Crippen molar-refractivity contribution in [2.75, 3.05) is 6.54 Å². The van der Waals surface area contributed by atoms with Gasteiger partial charge in [-0.05, 0) is 24.8 Å². The molecule has 1 aromatic carbocycles. The smallest absolute Gasteiger partial charge is 0.326 e. The van der Waals surface area contributed by atoms with E-state index in [-0.39, 0.29) is 0 Å². The normalized spacial score (nSPS) is 11.2. The minimum absolute atomic E-state index is 0.344. The van der Waals surface area contributed by atoms with Crippen LogP contribution in [-0.4, -0.2) is 29.7 Å². The number of terminal acetylenes is 1. The maximum atomic E-state index is 11.6. The fourth-order valence-corrected chi connectivity index (χ4v) is 1.81. The first kappa shape index (κ1) is 16.6. The highest BCUT2D eigenvalue weighted by Crippen LogP contribution is 2.05. The molecule has 0 aromatic heterocycles. The molecule has 2 amide bonds. The lowest BCUT2D eigenvalue weighted by Gasteiger charge is -2.15. The highest BCUT2D eigenvalue weighted by Gasteiger charge is 2.19. The number of aryl methyl sites for hydroxylation is 1. The predicted octanol–water partition coefficient (Wildman–Crippen LogP) is 1.78. The Morgan fingerprint density at radius 1 is 1.29 bits per heavy atom. The van der Waals surface area contributed by atoms with Gasteiger partial charge in [-0.25, -0.2) is 9.59 Å². The quantitative estimate of drug-likeness (QED) is 0.504. The second kappa shape index (κ2) is 9.43. The van der Waals surface area contributed by atoms with Gasteiger partial charge in [0.05, 0.1) is 0 Å². The van der Waals surface area contributed by atoms with E-state index >= 15 is 0 Å². The molecule has 0 bridgehead atoms. The third-order valence-corrected chi connectivity index (χ3v) is 2.95. The first-order chi connectivity index (χ1) is 10.1. The fraction of sp³-hybridized carbons (Fsp3) is 0.375. The molecular formula is C16H20N2O3. The van der Waals surface area contributed by atoms with Crippen molar-refractivity contribution in [1.29, 1.82) is 0 Å². The maximum absolute atomic E-state index is 11.6. The van der Waals surface area contributed by atoms with Crippen LogP contribution in [-0.2, 0) is 11.2 Å². The zero-order valence-electron chi connectivity index (χ0n) is 11.8. The van der Waals surface area contributed by atoms with E-state index in [0.717, 1.165) is 5.56 Å². The van der Waals surface area contributed by atoms with Crippen molar-refractivity contribution >= 4 is 12.0 Å². The van der Waals surface area contributed by atoms with E-state index in [1.165, 1.54) is 0 Å². The number of amides is 2. The third kappa shape index (κ3) is 7.02. The lowest BCUT2D eigenvalue weighted by molar-refractivity contribution is -0.139. The molecule has 0 aliphatic heterocycles. The molecule has 0 saturated carbocycles. The van der Waals surface area contributed by atoms with Crippen molar-refractivity contribution in [2.45, 2.75) is 31.7 Å². The number of carboxylic acids is 1. The number of urea groups is 1. The zero-order chi connectivity index (χ0) is 15.5. The van der Waals surface area contributed by atoms with Gasteiger partial charge in [-0.15, -0.1) is 12.3 Å². The van der Waals surface area contributed by atoms with Crippen LogP contribution in [0.3, 0.4) is 0 Å². The Morgan fingerprint density at radius 2 is 2.00 bits per heavy atom. The Labute approximate surface area is 124 Å². The largest absolute Gasteiger partial charge is 0.480 e. The summed E-state index contributed by atoms with van der Waals surface area (Å²) in [4.78, 5) is 22.8. The summed E-state index contributed by atoms with van der Waals surface area (Å²) < 4.78 is 0. The van der Waals surface area contributed by atoms with Crippen LogP contribution in [0.1, 0.15) is 24.8 Å². The number of carbonyl (C=O) groups is 2. The number of rotatable bonds is 8. The number of hydrogen-bond acceptors (Lipinski definition) is 2. The number of carbonyl (C=O) groups excluding carboxylic acids is 1. The standard InChI is InChI=1S/C16H20N2O3/c1-2-3-7-12-17-16(21)18-14(15(19)20)11-10-13-8-5-4-6-9-13/h1,4-6,8-9,14H,3,7,10-12H2,(H,19,20)(H2,17,18,21)/t14-/m0/s1. The Hall–Kier alpha value is -2.48. The average molecular weight is 288 g/mol. The Kier molecular flexibility index (Phi) is 7.44. The van der Waals surface area contributed by atoms with Crippen molar-refractivity contribution in [3.05, 3.63) is 35.9 Å². The molecule has 0 radical (unpaired) electrons. The predicted molar refractivity (Wildman–Crippen MR) is 80.8 cm³/mol. The van der Waals surface area contributed by atoms with Gasteiger partial charge in [0, 0.05) is 13.0 Å². The van der Waals surface area contributed by atoms with Gasteiger partial charge in [-0.1, -0.05) is 30.3 Å². The van der Waals surface area contributed by atoms with E-state index in [4.69, 9.17) is 11.5 Å². The summed E-state index contributed by atoms with van der Waals surface area (Å²) >= 11 is 0. The van der Waals surface area contributed by atoms with Crippen LogP contribution >= 0.6 is 0 Å². The van der Waals surface area contributed by atoms with Crippen LogP contribution in [0, 0.1) is 12.3 Å². The average Bonchev–Trinajstić information content (AvgIpc) is 2.48. The summed E-state index contributed by atoms with van der Waals surface area (Å²) in [5.41, 5.74) is 1.04. The summed E-state index contributed by atoms with van der Waals surface area (Å²) in [6, 6.07) is 8.18. The summed E-state index contributed by atoms with van der Waals surface area (Å²) in [6.07, 6.45) is 7.29. The van der Waals surface area contributed by atoms with E-state index in [1.54, 1.807) is 0 Å². The molecule has 21 heavy (non-hydrogen) atoms. The van der Waals surface area contributed by atoms with E-state index in [1.807, 2.05) is 30.3 Å². The van der Waals surface area contributed by atoms with Crippen LogP contribution in [0.4, 0.5) is 4.79 Å². The van der Waals surface area contributed by atoms with Crippen LogP contribution in [0.25, 0.3) is 0 Å². The molecule has 1 rings (SSSR count).